The third-order valence-electron chi connectivity index (χ3n) is 3.78. The number of rotatable bonds is 1. The third-order valence-corrected chi connectivity index (χ3v) is 4.45. The molecule has 0 N–H and O–H groups in total. The van der Waals surface area contributed by atoms with Crippen LogP contribution in [0.3, 0.4) is 0 Å². The van der Waals surface area contributed by atoms with Crippen molar-refractivity contribution in [2.45, 2.75) is 6.92 Å². The maximum Gasteiger partial charge on any atom is 0.135 e. The summed E-state index contributed by atoms with van der Waals surface area (Å²) in [5.41, 5.74) is 5.65. The number of fused-ring (bicyclic) bond motifs is 3. The molecular weight excluding hydrogens is 371 g/mol. The lowest BCUT2D eigenvalue weighted by molar-refractivity contribution is 0.669. The molecule has 0 fully saturated rings. The van der Waals surface area contributed by atoms with Gasteiger partial charge in [-0.3, -0.25) is 0 Å². The molecule has 1 aromatic heterocycles. The molecule has 0 radical (unpaired) electrons. The highest BCUT2D eigenvalue weighted by atomic mass is 127. The summed E-state index contributed by atoms with van der Waals surface area (Å²) in [5.74, 6) is 0. The SMILES string of the molecule is Cc1cccc(-c2ccc3oc4ccc(I)cc4c3c2)c1. The highest BCUT2D eigenvalue weighted by Gasteiger charge is 2.08. The van der Waals surface area contributed by atoms with Crippen LogP contribution in [0, 0.1) is 10.5 Å². The predicted octanol–water partition coefficient (Wildman–Crippen LogP) is 6.17. The molecule has 4 aromatic rings. The van der Waals surface area contributed by atoms with Gasteiger partial charge in [0.15, 0.2) is 0 Å². The van der Waals surface area contributed by atoms with Gasteiger partial charge in [0.1, 0.15) is 11.2 Å². The molecule has 4 rings (SSSR count). The highest BCUT2D eigenvalue weighted by Crippen LogP contribution is 2.33. The first-order chi connectivity index (χ1) is 10.2. The molecule has 0 atom stereocenters. The zero-order valence-corrected chi connectivity index (χ0v) is 13.7. The van der Waals surface area contributed by atoms with Gasteiger partial charge >= 0.3 is 0 Å². The summed E-state index contributed by atoms with van der Waals surface area (Å²) >= 11 is 2.34. The van der Waals surface area contributed by atoms with E-state index in [9.17, 15) is 0 Å². The van der Waals surface area contributed by atoms with Gasteiger partial charge in [0, 0.05) is 14.3 Å². The molecule has 2 heteroatoms. The summed E-state index contributed by atoms with van der Waals surface area (Å²) < 4.78 is 7.14. The predicted molar refractivity (Wildman–Crippen MR) is 96.6 cm³/mol. The third kappa shape index (κ3) is 2.23. The monoisotopic (exact) mass is 384 g/mol. The molecular formula is C19H13IO. The van der Waals surface area contributed by atoms with E-state index in [0.29, 0.717) is 0 Å². The maximum atomic E-state index is 5.92. The van der Waals surface area contributed by atoms with E-state index in [0.717, 1.165) is 11.2 Å². The van der Waals surface area contributed by atoms with Gasteiger partial charge in [-0.15, -0.1) is 0 Å². The average molecular weight is 384 g/mol. The first-order valence-electron chi connectivity index (χ1n) is 6.89. The van der Waals surface area contributed by atoms with E-state index in [1.807, 2.05) is 6.07 Å². The Morgan fingerprint density at radius 1 is 0.762 bits per heavy atom. The Morgan fingerprint density at radius 3 is 2.29 bits per heavy atom. The zero-order valence-electron chi connectivity index (χ0n) is 11.6. The Morgan fingerprint density at radius 2 is 1.48 bits per heavy atom. The van der Waals surface area contributed by atoms with Crippen molar-refractivity contribution in [1.29, 1.82) is 0 Å². The second-order valence-corrected chi connectivity index (χ2v) is 6.57. The molecule has 0 aliphatic heterocycles. The van der Waals surface area contributed by atoms with Gasteiger partial charge in [-0.2, -0.15) is 0 Å². The smallest absolute Gasteiger partial charge is 0.135 e. The second kappa shape index (κ2) is 4.88. The number of furan rings is 1. The van der Waals surface area contributed by atoms with Gasteiger partial charge in [-0.25, -0.2) is 0 Å². The van der Waals surface area contributed by atoms with E-state index in [-0.39, 0.29) is 0 Å². The normalized spacial score (nSPS) is 11.3. The van der Waals surface area contributed by atoms with Crippen LogP contribution >= 0.6 is 22.6 Å². The standard InChI is InChI=1S/C19H13IO/c1-12-3-2-4-13(9-12)14-5-7-18-16(10-14)17-11-15(20)6-8-19(17)21-18/h2-11H,1H3. The zero-order chi connectivity index (χ0) is 14.4. The van der Waals surface area contributed by atoms with E-state index < -0.39 is 0 Å². The molecule has 21 heavy (non-hydrogen) atoms. The summed E-state index contributed by atoms with van der Waals surface area (Å²) in [6.07, 6.45) is 0. The maximum absolute atomic E-state index is 5.92. The van der Waals surface area contributed by atoms with Crippen molar-refractivity contribution in [1.82, 2.24) is 0 Å². The van der Waals surface area contributed by atoms with Gasteiger partial charge < -0.3 is 4.42 Å². The number of halogens is 1. The quantitative estimate of drug-likeness (QED) is 0.358. The van der Waals surface area contributed by atoms with Crippen LogP contribution in [0.2, 0.25) is 0 Å². The van der Waals surface area contributed by atoms with Crippen LogP contribution in [0.1, 0.15) is 5.56 Å². The number of aryl methyl sites for hydroxylation is 1. The summed E-state index contributed by atoms with van der Waals surface area (Å²) in [4.78, 5) is 0. The van der Waals surface area contributed by atoms with Crippen LogP contribution in [-0.2, 0) is 0 Å². The van der Waals surface area contributed by atoms with Crippen molar-refractivity contribution < 1.29 is 4.42 Å². The van der Waals surface area contributed by atoms with Crippen LogP contribution in [0.4, 0.5) is 0 Å². The van der Waals surface area contributed by atoms with Crippen molar-refractivity contribution in [3.05, 3.63) is 69.8 Å². The first-order valence-corrected chi connectivity index (χ1v) is 7.97. The summed E-state index contributed by atoms with van der Waals surface area (Å²) in [6.45, 7) is 2.12. The van der Waals surface area contributed by atoms with E-state index >= 15 is 0 Å². The van der Waals surface area contributed by atoms with Crippen molar-refractivity contribution in [3.8, 4) is 11.1 Å². The molecule has 0 saturated carbocycles. The number of hydrogen-bond acceptors (Lipinski definition) is 1. The molecule has 0 amide bonds. The minimum Gasteiger partial charge on any atom is -0.456 e. The Hall–Kier alpha value is -1.81. The Labute approximate surface area is 136 Å². The first kappa shape index (κ1) is 12.9. The van der Waals surface area contributed by atoms with Crippen LogP contribution in [0.5, 0.6) is 0 Å². The Balaban J connectivity index is 2.00. The van der Waals surface area contributed by atoms with E-state index in [1.165, 1.54) is 31.0 Å². The van der Waals surface area contributed by atoms with Crippen LogP contribution in [0.15, 0.2) is 65.1 Å². The van der Waals surface area contributed by atoms with Gasteiger partial charge in [0.05, 0.1) is 0 Å². The van der Waals surface area contributed by atoms with Crippen molar-refractivity contribution in [2.24, 2.45) is 0 Å². The molecule has 1 nitrogen and oxygen atoms in total. The average Bonchev–Trinajstić information content (AvgIpc) is 2.84. The summed E-state index contributed by atoms with van der Waals surface area (Å²) in [7, 11) is 0. The van der Waals surface area contributed by atoms with Crippen LogP contribution in [-0.4, -0.2) is 0 Å². The molecule has 0 unspecified atom stereocenters. The Kier molecular flexibility index (Phi) is 3.00. The lowest BCUT2D eigenvalue weighted by atomic mass is 10.0. The number of hydrogen-bond donors (Lipinski definition) is 0. The molecule has 0 spiro atoms. The van der Waals surface area contributed by atoms with E-state index in [2.05, 4.69) is 84.1 Å². The van der Waals surface area contributed by atoms with Crippen molar-refractivity contribution >= 4 is 44.5 Å². The molecule has 0 saturated heterocycles. The minimum absolute atomic E-state index is 0.948. The molecule has 0 aliphatic rings. The number of benzene rings is 3. The van der Waals surface area contributed by atoms with Gasteiger partial charge in [-0.1, -0.05) is 35.9 Å². The minimum atomic E-state index is 0.948. The topological polar surface area (TPSA) is 13.1 Å². The van der Waals surface area contributed by atoms with Gasteiger partial charge in [-0.05, 0) is 71.0 Å². The summed E-state index contributed by atoms with van der Waals surface area (Å²) in [6, 6.07) is 21.3. The summed E-state index contributed by atoms with van der Waals surface area (Å²) in [5, 5.41) is 2.37. The molecule has 102 valence electrons. The van der Waals surface area contributed by atoms with Crippen molar-refractivity contribution in [2.75, 3.05) is 0 Å². The largest absolute Gasteiger partial charge is 0.456 e. The fraction of sp³-hybridized carbons (Fsp3) is 0.0526. The highest BCUT2D eigenvalue weighted by molar-refractivity contribution is 14.1. The Bertz CT molecular complexity index is 966. The van der Waals surface area contributed by atoms with E-state index in [4.69, 9.17) is 4.42 Å². The molecule has 3 aromatic carbocycles. The molecule has 0 aliphatic carbocycles. The van der Waals surface area contributed by atoms with Crippen LogP contribution < -0.4 is 0 Å². The fourth-order valence-corrected chi connectivity index (χ4v) is 3.25. The molecule has 0 bridgehead atoms. The fourth-order valence-electron chi connectivity index (χ4n) is 2.75. The lowest BCUT2D eigenvalue weighted by Gasteiger charge is -2.03. The van der Waals surface area contributed by atoms with E-state index in [1.54, 1.807) is 0 Å². The second-order valence-electron chi connectivity index (χ2n) is 5.32. The lowest BCUT2D eigenvalue weighted by Crippen LogP contribution is -1.79. The van der Waals surface area contributed by atoms with Gasteiger partial charge in [0.2, 0.25) is 0 Å². The van der Waals surface area contributed by atoms with Crippen LogP contribution in [0.25, 0.3) is 33.1 Å². The van der Waals surface area contributed by atoms with Gasteiger partial charge in [0.25, 0.3) is 0 Å². The van der Waals surface area contributed by atoms with Crippen molar-refractivity contribution in [3.63, 3.8) is 0 Å². The molecule has 1 heterocycles.